The van der Waals surface area contributed by atoms with Gasteiger partial charge in [0.25, 0.3) is 0 Å². The Morgan fingerprint density at radius 2 is 1.58 bits per heavy atom. The molecular weight excluding hydrogens is 236 g/mol. The van der Waals surface area contributed by atoms with E-state index in [0.29, 0.717) is 0 Å². The van der Waals surface area contributed by atoms with Crippen LogP contribution in [-0.2, 0) is 0 Å². The Bertz CT molecular complexity index is 411. The zero-order valence-corrected chi connectivity index (χ0v) is 13.2. The summed E-state index contributed by atoms with van der Waals surface area (Å²) < 4.78 is 0. The molecule has 4 heteroatoms. The third kappa shape index (κ3) is 4.08. The molecule has 0 aliphatic heterocycles. The minimum Gasteiger partial charge on any atom is -0.370 e. The molecule has 1 rings (SSSR count). The van der Waals surface area contributed by atoms with Crippen molar-refractivity contribution < 1.29 is 0 Å². The van der Waals surface area contributed by atoms with E-state index in [1.165, 1.54) is 0 Å². The maximum absolute atomic E-state index is 4.56. The molecule has 0 radical (unpaired) electrons. The summed E-state index contributed by atoms with van der Waals surface area (Å²) in [5.41, 5.74) is 1.19. The van der Waals surface area contributed by atoms with Gasteiger partial charge >= 0.3 is 0 Å². The fraction of sp³-hybridized carbons (Fsp3) is 0.733. The van der Waals surface area contributed by atoms with Crippen LogP contribution < -0.4 is 10.6 Å². The van der Waals surface area contributed by atoms with Gasteiger partial charge in [0, 0.05) is 17.6 Å². The van der Waals surface area contributed by atoms with Gasteiger partial charge in [0.15, 0.2) is 0 Å². The fourth-order valence-corrected chi connectivity index (χ4v) is 1.88. The third-order valence-electron chi connectivity index (χ3n) is 3.78. The standard InChI is InChI=1S/C15H28N4/c1-7-10-16-13-11(4)14(18-12(5)17-13)19-15(6,8-2)9-3/h7-10H2,1-6H3,(H2,16,17,18,19). The van der Waals surface area contributed by atoms with E-state index >= 15 is 0 Å². The molecule has 0 atom stereocenters. The predicted molar refractivity (Wildman–Crippen MR) is 82.9 cm³/mol. The average molecular weight is 264 g/mol. The number of nitrogens with zero attached hydrogens (tertiary/aromatic N) is 2. The number of hydrogen-bond donors (Lipinski definition) is 2. The summed E-state index contributed by atoms with van der Waals surface area (Å²) in [5, 5.41) is 6.96. The second-order valence-corrected chi connectivity index (χ2v) is 5.41. The Kier molecular flexibility index (Phi) is 5.58. The smallest absolute Gasteiger partial charge is 0.135 e. The first-order chi connectivity index (χ1) is 8.95. The van der Waals surface area contributed by atoms with E-state index in [9.17, 15) is 0 Å². The van der Waals surface area contributed by atoms with Crippen molar-refractivity contribution in [1.29, 1.82) is 0 Å². The molecule has 1 aromatic rings. The molecule has 0 fully saturated rings. The topological polar surface area (TPSA) is 49.8 Å². The monoisotopic (exact) mass is 264 g/mol. The molecule has 0 aliphatic rings. The van der Waals surface area contributed by atoms with Crippen LogP contribution in [0.5, 0.6) is 0 Å². The van der Waals surface area contributed by atoms with Gasteiger partial charge in [-0.2, -0.15) is 0 Å². The maximum Gasteiger partial charge on any atom is 0.135 e. The van der Waals surface area contributed by atoms with Crippen molar-refractivity contribution in [3.05, 3.63) is 11.4 Å². The number of nitrogens with one attached hydrogen (secondary N) is 2. The van der Waals surface area contributed by atoms with Gasteiger partial charge in [-0.05, 0) is 40.0 Å². The van der Waals surface area contributed by atoms with Crippen LogP contribution in [0.4, 0.5) is 11.6 Å². The largest absolute Gasteiger partial charge is 0.370 e. The van der Waals surface area contributed by atoms with Gasteiger partial charge in [0.1, 0.15) is 17.5 Å². The molecule has 19 heavy (non-hydrogen) atoms. The van der Waals surface area contributed by atoms with E-state index < -0.39 is 0 Å². The Hall–Kier alpha value is -1.32. The number of hydrogen-bond acceptors (Lipinski definition) is 4. The third-order valence-corrected chi connectivity index (χ3v) is 3.78. The molecule has 0 spiro atoms. The lowest BCUT2D eigenvalue weighted by Gasteiger charge is -2.30. The summed E-state index contributed by atoms with van der Waals surface area (Å²) in [6.07, 6.45) is 3.24. The van der Waals surface area contributed by atoms with Crippen molar-refractivity contribution in [2.45, 2.75) is 66.3 Å². The summed E-state index contributed by atoms with van der Waals surface area (Å²) in [7, 11) is 0. The van der Waals surface area contributed by atoms with Gasteiger partial charge in [-0.1, -0.05) is 20.8 Å². The Balaban J connectivity index is 3.03. The van der Waals surface area contributed by atoms with E-state index in [4.69, 9.17) is 0 Å². The summed E-state index contributed by atoms with van der Waals surface area (Å²) in [6.45, 7) is 13.8. The molecule has 4 nitrogen and oxygen atoms in total. The Labute approximate surface area is 117 Å². The Morgan fingerprint density at radius 3 is 2.11 bits per heavy atom. The lowest BCUT2D eigenvalue weighted by atomic mass is 9.95. The van der Waals surface area contributed by atoms with Crippen LogP contribution in [0.2, 0.25) is 0 Å². The number of aryl methyl sites for hydroxylation is 1. The number of rotatable bonds is 7. The van der Waals surface area contributed by atoms with Crippen molar-refractivity contribution in [3.63, 3.8) is 0 Å². The van der Waals surface area contributed by atoms with E-state index in [2.05, 4.69) is 55.2 Å². The van der Waals surface area contributed by atoms with Crippen LogP contribution >= 0.6 is 0 Å². The second-order valence-electron chi connectivity index (χ2n) is 5.41. The lowest BCUT2D eigenvalue weighted by molar-refractivity contribution is 0.476. The molecule has 0 aromatic carbocycles. The fourth-order valence-electron chi connectivity index (χ4n) is 1.88. The number of anilines is 2. The zero-order valence-electron chi connectivity index (χ0n) is 13.2. The molecular formula is C15H28N4. The molecule has 0 saturated heterocycles. The summed E-state index contributed by atoms with van der Waals surface area (Å²) in [6, 6.07) is 0. The predicted octanol–water partition coefficient (Wildman–Crippen LogP) is 3.91. The SMILES string of the molecule is CCCNc1nc(C)nc(NC(C)(CC)CC)c1C. The summed E-state index contributed by atoms with van der Waals surface area (Å²) >= 11 is 0. The summed E-state index contributed by atoms with van der Waals surface area (Å²) in [5.74, 6) is 2.71. The van der Waals surface area contributed by atoms with Crippen LogP contribution in [0.3, 0.4) is 0 Å². The first-order valence-electron chi connectivity index (χ1n) is 7.33. The van der Waals surface area contributed by atoms with E-state index in [-0.39, 0.29) is 5.54 Å². The van der Waals surface area contributed by atoms with Crippen molar-refractivity contribution in [2.24, 2.45) is 0 Å². The van der Waals surface area contributed by atoms with Crippen LogP contribution in [0.1, 0.15) is 58.3 Å². The first kappa shape index (κ1) is 15.7. The van der Waals surface area contributed by atoms with Crippen molar-refractivity contribution in [2.75, 3.05) is 17.2 Å². The van der Waals surface area contributed by atoms with Crippen molar-refractivity contribution in [1.82, 2.24) is 9.97 Å². The average Bonchev–Trinajstić information content (AvgIpc) is 2.40. The molecule has 0 bridgehead atoms. The van der Waals surface area contributed by atoms with E-state index in [1.807, 2.05) is 6.92 Å². The van der Waals surface area contributed by atoms with E-state index in [1.54, 1.807) is 0 Å². The molecule has 0 aliphatic carbocycles. The zero-order chi connectivity index (χ0) is 14.5. The normalized spacial score (nSPS) is 11.5. The molecule has 1 aromatic heterocycles. The lowest BCUT2D eigenvalue weighted by Crippen LogP contribution is -2.34. The van der Waals surface area contributed by atoms with Crippen molar-refractivity contribution in [3.8, 4) is 0 Å². The van der Waals surface area contributed by atoms with Crippen LogP contribution in [-0.4, -0.2) is 22.1 Å². The van der Waals surface area contributed by atoms with Gasteiger partial charge in [0.2, 0.25) is 0 Å². The minimum absolute atomic E-state index is 0.0909. The summed E-state index contributed by atoms with van der Waals surface area (Å²) in [4.78, 5) is 9.05. The molecule has 1 heterocycles. The highest BCUT2D eigenvalue weighted by Gasteiger charge is 2.21. The van der Waals surface area contributed by atoms with Gasteiger partial charge < -0.3 is 10.6 Å². The highest BCUT2D eigenvalue weighted by molar-refractivity contribution is 5.58. The molecule has 2 N–H and O–H groups in total. The highest BCUT2D eigenvalue weighted by atomic mass is 15.1. The van der Waals surface area contributed by atoms with Gasteiger partial charge in [-0.3, -0.25) is 0 Å². The van der Waals surface area contributed by atoms with Gasteiger partial charge in [-0.25, -0.2) is 9.97 Å². The molecule has 0 unspecified atom stereocenters. The van der Waals surface area contributed by atoms with Crippen molar-refractivity contribution >= 4 is 11.6 Å². The van der Waals surface area contributed by atoms with Gasteiger partial charge in [-0.15, -0.1) is 0 Å². The highest BCUT2D eigenvalue weighted by Crippen LogP contribution is 2.26. The second kappa shape index (κ2) is 6.73. The minimum atomic E-state index is 0.0909. The van der Waals surface area contributed by atoms with Crippen LogP contribution in [0, 0.1) is 13.8 Å². The number of aromatic nitrogens is 2. The maximum atomic E-state index is 4.56. The van der Waals surface area contributed by atoms with E-state index in [0.717, 1.165) is 48.8 Å². The van der Waals surface area contributed by atoms with Gasteiger partial charge in [0.05, 0.1) is 0 Å². The molecule has 0 saturated carbocycles. The Morgan fingerprint density at radius 1 is 1.00 bits per heavy atom. The van der Waals surface area contributed by atoms with Crippen LogP contribution in [0.25, 0.3) is 0 Å². The molecule has 108 valence electrons. The quantitative estimate of drug-likeness (QED) is 0.784. The van der Waals surface area contributed by atoms with Crippen LogP contribution in [0.15, 0.2) is 0 Å². The first-order valence-corrected chi connectivity index (χ1v) is 7.33. The molecule has 0 amide bonds.